The zero-order chi connectivity index (χ0) is 18.9. The number of carbonyl (C=O) groups is 1. The smallest absolute Gasteiger partial charge is 0.337 e. The van der Waals surface area contributed by atoms with E-state index in [1.54, 1.807) is 18.3 Å². The monoisotopic (exact) mass is 361 g/mol. The number of aryl methyl sites for hydroxylation is 2. The van der Waals surface area contributed by atoms with Crippen LogP contribution in [-0.4, -0.2) is 18.1 Å². The highest BCUT2D eigenvalue weighted by atomic mass is 16.5. The van der Waals surface area contributed by atoms with Crippen molar-refractivity contribution in [1.29, 1.82) is 0 Å². The second kappa shape index (κ2) is 9.53. The predicted octanol–water partition coefficient (Wildman–Crippen LogP) is 4.62. The fourth-order valence-corrected chi connectivity index (χ4v) is 2.86. The topological polar surface area (TPSA) is 48.4 Å². The third-order valence-electron chi connectivity index (χ3n) is 4.34. The third-order valence-corrected chi connectivity index (χ3v) is 4.34. The van der Waals surface area contributed by atoms with Crippen molar-refractivity contribution in [3.63, 3.8) is 0 Å². The quantitative estimate of drug-likeness (QED) is 0.549. The van der Waals surface area contributed by atoms with E-state index < -0.39 is 0 Å². The molecule has 0 radical (unpaired) electrons. The van der Waals surface area contributed by atoms with Crippen LogP contribution in [0.25, 0.3) is 0 Å². The van der Waals surface area contributed by atoms with Gasteiger partial charge in [-0.15, -0.1) is 0 Å². The molecule has 0 bridgehead atoms. The van der Waals surface area contributed by atoms with Crippen molar-refractivity contribution in [2.45, 2.75) is 25.9 Å². The molecule has 0 spiro atoms. The molecule has 0 unspecified atom stereocenters. The van der Waals surface area contributed by atoms with Crippen LogP contribution in [0.4, 0.5) is 0 Å². The Kier molecular flexibility index (Phi) is 6.58. The number of benzene rings is 2. The highest BCUT2D eigenvalue weighted by Crippen LogP contribution is 2.19. The Morgan fingerprint density at radius 2 is 1.67 bits per heavy atom. The van der Waals surface area contributed by atoms with E-state index in [1.165, 1.54) is 12.7 Å². The fourth-order valence-electron chi connectivity index (χ4n) is 2.86. The lowest BCUT2D eigenvalue weighted by atomic mass is 10.0. The summed E-state index contributed by atoms with van der Waals surface area (Å²) in [5.74, 6) is 0.526. The molecule has 3 rings (SSSR count). The van der Waals surface area contributed by atoms with Crippen LogP contribution in [0.2, 0.25) is 0 Å². The minimum absolute atomic E-state index is 0.310. The van der Waals surface area contributed by atoms with Gasteiger partial charge in [0.1, 0.15) is 12.4 Å². The second-order valence-electron chi connectivity index (χ2n) is 6.26. The lowest BCUT2D eigenvalue weighted by molar-refractivity contribution is 0.0600. The number of hydrogen-bond acceptors (Lipinski definition) is 4. The van der Waals surface area contributed by atoms with Gasteiger partial charge in [0.15, 0.2) is 0 Å². The highest BCUT2D eigenvalue weighted by molar-refractivity contribution is 5.89. The van der Waals surface area contributed by atoms with Crippen LogP contribution >= 0.6 is 0 Å². The van der Waals surface area contributed by atoms with Gasteiger partial charge in [-0.05, 0) is 54.7 Å². The molecule has 2 aromatic carbocycles. The van der Waals surface area contributed by atoms with Gasteiger partial charge in [-0.3, -0.25) is 4.98 Å². The number of methoxy groups -OCH3 is 1. The van der Waals surface area contributed by atoms with Gasteiger partial charge >= 0.3 is 5.97 Å². The van der Waals surface area contributed by atoms with E-state index >= 15 is 0 Å². The number of carbonyl (C=O) groups excluding carboxylic acids is 1. The van der Waals surface area contributed by atoms with Gasteiger partial charge in [0, 0.05) is 6.20 Å². The summed E-state index contributed by atoms with van der Waals surface area (Å²) in [6.45, 7) is 0.536. The maximum Gasteiger partial charge on any atom is 0.337 e. The van der Waals surface area contributed by atoms with Crippen LogP contribution in [0, 0.1) is 0 Å². The van der Waals surface area contributed by atoms with Crippen molar-refractivity contribution in [1.82, 2.24) is 4.98 Å². The second-order valence-corrected chi connectivity index (χ2v) is 6.26. The first-order valence-corrected chi connectivity index (χ1v) is 9.04. The zero-order valence-corrected chi connectivity index (χ0v) is 15.4. The third kappa shape index (κ3) is 5.42. The Balaban J connectivity index is 1.54. The molecule has 0 atom stereocenters. The standard InChI is InChI=1S/C23H23NO3/c1-26-23(25)20-14-12-18(13-15-20)9-5-10-21-22(11-6-16-24-21)27-17-19-7-3-2-4-8-19/h2-4,6-8,11-16H,5,9-10,17H2,1H3. The molecule has 0 saturated carbocycles. The predicted molar refractivity (Wildman–Crippen MR) is 105 cm³/mol. The number of nitrogens with zero attached hydrogens (tertiary/aromatic N) is 1. The summed E-state index contributed by atoms with van der Waals surface area (Å²) in [5, 5.41) is 0. The molecular weight excluding hydrogens is 338 g/mol. The van der Waals surface area contributed by atoms with Crippen LogP contribution in [-0.2, 0) is 24.2 Å². The van der Waals surface area contributed by atoms with E-state index in [1.807, 2.05) is 54.6 Å². The maximum absolute atomic E-state index is 11.5. The van der Waals surface area contributed by atoms with Crippen LogP contribution in [0.1, 0.15) is 33.6 Å². The molecule has 4 nitrogen and oxygen atoms in total. The average Bonchev–Trinajstić information content (AvgIpc) is 2.74. The Bertz CT molecular complexity index is 860. The molecule has 0 N–H and O–H groups in total. The van der Waals surface area contributed by atoms with Gasteiger partial charge in [-0.2, -0.15) is 0 Å². The van der Waals surface area contributed by atoms with E-state index in [2.05, 4.69) is 4.98 Å². The molecule has 0 aliphatic heterocycles. The lowest BCUT2D eigenvalue weighted by Gasteiger charge is -2.11. The number of rotatable bonds is 8. The minimum atomic E-state index is -0.310. The van der Waals surface area contributed by atoms with Crippen molar-refractivity contribution in [2.24, 2.45) is 0 Å². The minimum Gasteiger partial charge on any atom is -0.487 e. The van der Waals surface area contributed by atoms with Gasteiger partial charge in [-0.25, -0.2) is 4.79 Å². The van der Waals surface area contributed by atoms with Crippen LogP contribution in [0.15, 0.2) is 72.9 Å². The SMILES string of the molecule is COC(=O)c1ccc(CCCc2ncccc2OCc2ccccc2)cc1. The van der Waals surface area contributed by atoms with Crippen molar-refractivity contribution in [3.05, 3.63) is 95.3 Å². The number of hydrogen-bond donors (Lipinski definition) is 0. The Hall–Kier alpha value is -3.14. The number of aromatic nitrogens is 1. The summed E-state index contributed by atoms with van der Waals surface area (Å²) in [6.07, 6.45) is 4.51. The van der Waals surface area contributed by atoms with Crippen molar-refractivity contribution in [2.75, 3.05) is 7.11 Å². The molecule has 0 aliphatic rings. The Morgan fingerprint density at radius 1 is 0.889 bits per heavy atom. The van der Waals surface area contributed by atoms with Gasteiger partial charge in [0.25, 0.3) is 0 Å². The Morgan fingerprint density at radius 3 is 2.41 bits per heavy atom. The van der Waals surface area contributed by atoms with Gasteiger partial charge in [0.05, 0.1) is 18.4 Å². The van der Waals surface area contributed by atoms with Crippen LogP contribution in [0.5, 0.6) is 5.75 Å². The van der Waals surface area contributed by atoms with Crippen molar-refractivity contribution in [3.8, 4) is 5.75 Å². The van der Waals surface area contributed by atoms with E-state index in [9.17, 15) is 4.79 Å². The molecule has 0 aliphatic carbocycles. The average molecular weight is 361 g/mol. The van der Waals surface area contributed by atoms with E-state index in [-0.39, 0.29) is 5.97 Å². The number of ether oxygens (including phenoxy) is 2. The largest absolute Gasteiger partial charge is 0.487 e. The first-order chi connectivity index (χ1) is 13.3. The van der Waals surface area contributed by atoms with Gasteiger partial charge in [0.2, 0.25) is 0 Å². The van der Waals surface area contributed by atoms with Crippen molar-refractivity contribution < 1.29 is 14.3 Å². The van der Waals surface area contributed by atoms with Crippen LogP contribution < -0.4 is 4.74 Å². The summed E-state index contributed by atoms with van der Waals surface area (Å²) in [5.41, 5.74) is 3.87. The summed E-state index contributed by atoms with van der Waals surface area (Å²) >= 11 is 0. The molecule has 3 aromatic rings. The van der Waals surface area contributed by atoms with Crippen LogP contribution in [0.3, 0.4) is 0 Å². The molecule has 1 heterocycles. The van der Waals surface area contributed by atoms with E-state index in [0.717, 1.165) is 36.3 Å². The highest BCUT2D eigenvalue weighted by Gasteiger charge is 2.07. The maximum atomic E-state index is 11.5. The van der Waals surface area contributed by atoms with Crippen molar-refractivity contribution >= 4 is 5.97 Å². The van der Waals surface area contributed by atoms with E-state index in [4.69, 9.17) is 9.47 Å². The molecule has 4 heteroatoms. The summed E-state index contributed by atoms with van der Waals surface area (Å²) in [6, 6.07) is 21.5. The number of esters is 1. The molecule has 0 amide bonds. The first-order valence-electron chi connectivity index (χ1n) is 9.04. The summed E-state index contributed by atoms with van der Waals surface area (Å²) in [4.78, 5) is 16.0. The summed E-state index contributed by atoms with van der Waals surface area (Å²) in [7, 11) is 1.39. The first kappa shape index (κ1) is 18.6. The molecule has 138 valence electrons. The lowest BCUT2D eigenvalue weighted by Crippen LogP contribution is -2.02. The van der Waals surface area contributed by atoms with E-state index in [0.29, 0.717) is 12.2 Å². The molecule has 27 heavy (non-hydrogen) atoms. The molecular formula is C23H23NO3. The molecule has 1 aromatic heterocycles. The van der Waals surface area contributed by atoms with Gasteiger partial charge < -0.3 is 9.47 Å². The zero-order valence-electron chi connectivity index (χ0n) is 15.4. The Labute approximate surface area is 159 Å². The molecule has 0 saturated heterocycles. The number of pyridine rings is 1. The molecule has 0 fully saturated rings. The fraction of sp³-hybridized carbons (Fsp3) is 0.217. The van der Waals surface area contributed by atoms with Gasteiger partial charge in [-0.1, -0.05) is 42.5 Å². The normalized spacial score (nSPS) is 10.4. The summed E-state index contributed by atoms with van der Waals surface area (Å²) < 4.78 is 10.7.